The summed E-state index contributed by atoms with van der Waals surface area (Å²) in [4.78, 5) is 26.7. The third-order valence-electron chi connectivity index (χ3n) is 5.09. The van der Waals surface area contributed by atoms with Gasteiger partial charge in [-0.3, -0.25) is 14.5 Å². The van der Waals surface area contributed by atoms with Crippen LogP contribution in [0.15, 0.2) is 72.3 Å². The number of aliphatic hydroxyl groups excluding tert-OH is 1. The highest BCUT2D eigenvalue weighted by Gasteiger charge is 2.47. The van der Waals surface area contributed by atoms with Crippen LogP contribution in [0.2, 0.25) is 0 Å². The first kappa shape index (κ1) is 20.4. The fourth-order valence-corrected chi connectivity index (χ4v) is 3.67. The Morgan fingerprint density at radius 2 is 1.58 bits per heavy atom. The van der Waals surface area contributed by atoms with Crippen molar-refractivity contribution in [2.45, 2.75) is 13.0 Å². The highest BCUT2D eigenvalue weighted by molar-refractivity contribution is 6.51. The zero-order chi connectivity index (χ0) is 22.3. The van der Waals surface area contributed by atoms with E-state index in [1.54, 1.807) is 31.2 Å². The largest absolute Gasteiger partial charge is 0.507 e. The Kier molecular flexibility index (Phi) is 5.10. The molecule has 0 spiro atoms. The average molecular weight is 423 g/mol. The Morgan fingerprint density at radius 3 is 2.26 bits per heavy atom. The monoisotopic (exact) mass is 423 g/mol. The number of Topliss-reactive ketones (excluding diaryl/α,β-unsaturated/α-hetero) is 1. The fraction of sp³-hybridized carbons (Fsp3) is 0.0833. The van der Waals surface area contributed by atoms with Gasteiger partial charge < -0.3 is 5.11 Å². The zero-order valence-corrected chi connectivity index (χ0v) is 16.3. The molecule has 1 amide bonds. The summed E-state index contributed by atoms with van der Waals surface area (Å²) in [5.74, 6) is -4.95. The van der Waals surface area contributed by atoms with Crippen molar-refractivity contribution in [1.82, 2.24) is 0 Å². The van der Waals surface area contributed by atoms with Gasteiger partial charge in [0.2, 0.25) is 0 Å². The second kappa shape index (κ2) is 7.75. The maximum absolute atomic E-state index is 14.6. The smallest absolute Gasteiger partial charge is 0.300 e. The molecule has 3 aromatic carbocycles. The van der Waals surface area contributed by atoms with E-state index in [0.29, 0.717) is 5.56 Å². The number of amides is 1. The Labute approximate surface area is 175 Å². The van der Waals surface area contributed by atoms with Crippen LogP contribution in [0.1, 0.15) is 22.7 Å². The number of halogens is 3. The minimum Gasteiger partial charge on any atom is -0.507 e. The van der Waals surface area contributed by atoms with Crippen LogP contribution in [0, 0.1) is 24.4 Å². The van der Waals surface area contributed by atoms with Crippen LogP contribution < -0.4 is 4.90 Å². The molecule has 1 heterocycles. The molecule has 0 radical (unpaired) electrons. The highest BCUT2D eigenvalue weighted by atomic mass is 19.1. The van der Waals surface area contributed by atoms with Gasteiger partial charge >= 0.3 is 0 Å². The molecular weight excluding hydrogens is 407 g/mol. The van der Waals surface area contributed by atoms with Crippen LogP contribution in [-0.2, 0) is 9.59 Å². The molecule has 4 nitrogen and oxygen atoms in total. The second-order valence-corrected chi connectivity index (χ2v) is 7.19. The second-order valence-electron chi connectivity index (χ2n) is 7.19. The molecule has 31 heavy (non-hydrogen) atoms. The molecule has 7 heteroatoms. The number of ketones is 1. The van der Waals surface area contributed by atoms with Gasteiger partial charge in [0.05, 0.1) is 17.3 Å². The van der Waals surface area contributed by atoms with Crippen molar-refractivity contribution in [1.29, 1.82) is 0 Å². The summed E-state index contributed by atoms with van der Waals surface area (Å²) < 4.78 is 41.8. The molecule has 4 rings (SSSR count). The van der Waals surface area contributed by atoms with Crippen LogP contribution in [0.25, 0.3) is 5.76 Å². The van der Waals surface area contributed by atoms with Crippen molar-refractivity contribution >= 4 is 23.1 Å². The van der Waals surface area contributed by atoms with Gasteiger partial charge in [-0.15, -0.1) is 0 Å². The molecular formula is C24H16F3NO3. The lowest BCUT2D eigenvalue weighted by molar-refractivity contribution is -0.132. The van der Waals surface area contributed by atoms with Crippen LogP contribution in [0.4, 0.5) is 18.9 Å². The number of rotatable bonds is 3. The summed E-state index contributed by atoms with van der Waals surface area (Å²) in [5, 5.41) is 10.9. The third-order valence-corrected chi connectivity index (χ3v) is 5.09. The van der Waals surface area contributed by atoms with Crippen molar-refractivity contribution in [2.24, 2.45) is 0 Å². The highest BCUT2D eigenvalue weighted by Crippen LogP contribution is 2.43. The normalized spacial score (nSPS) is 17.9. The van der Waals surface area contributed by atoms with Gasteiger partial charge in [-0.25, -0.2) is 13.2 Å². The third kappa shape index (κ3) is 3.59. The summed E-state index contributed by atoms with van der Waals surface area (Å²) in [6.07, 6.45) is 0. The summed E-state index contributed by atoms with van der Waals surface area (Å²) in [7, 11) is 0. The van der Waals surface area contributed by atoms with Gasteiger partial charge in [-0.2, -0.15) is 0 Å². The molecule has 156 valence electrons. The first-order valence-corrected chi connectivity index (χ1v) is 9.36. The first-order chi connectivity index (χ1) is 14.8. The van der Waals surface area contributed by atoms with Crippen molar-refractivity contribution in [3.05, 3.63) is 106 Å². The minimum absolute atomic E-state index is 0.108. The molecule has 1 unspecified atom stereocenters. The summed E-state index contributed by atoms with van der Waals surface area (Å²) >= 11 is 0. The molecule has 0 bridgehead atoms. The predicted octanol–water partition coefficient (Wildman–Crippen LogP) is 5.04. The summed E-state index contributed by atoms with van der Waals surface area (Å²) in [6.45, 7) is 1.79. The quantitative estimate of drug-likeness (QED) is 0.365. The molecule has 1 aliphatic rings. The maximum atomic E-state index is 14.6. The van der Waals surface area contributed by atoms with Gasteiger partial charge in [-0.05, 0) is 48.9 Å². The van der Waals surface area contributed by atoms with Gasteiger partial charge in [0.25, 0.3) is 11.7 Å². The van der Waals surface area contributed by atoms with Crippen molar-refractivity contribution < 1.29 is 27.9 Å². The van der Waals surface area contributed by atoms with Crippen LogP contribution in [0.5, 0.6) is 0 Å². The minimum atomic E-state index is -1.21. The van der Waals surface area contributed by atoms with E-state index in [9.17, 15) is 27.9 Å². The van der Waals surface area contributed by atoms with E-state index in [1.807, 2.05) is 0 Å². The van der Waals surface area contributed by atoms with E-state index in [1.165, 1.54) is 12.1 Å². The zero-order valence-electron chi connectivity index (χ0n) is 16.3. The number of aryl methyl sites for hydroxylation is 1. The Hall–Kier alpha value is -3.87. The lowest BCUT2D eigenvalue weighted by Gasteiger charge is -2.26. The standard InChI is InChI=1S/C24H16F3NO3/c1-13-3-2-4-15(11-13)21-20(22(29)14-5-7-16(25)8-6-14)23(30)24(31)28(21)19-12-17(26)9-10-18(19)27/h2-12,21,29H,1H3/b22-20+. The van der Waals surface area contributed by atoms with Crippen LogP contribution in [0.3, 0.4) is 0 Å². The molecule has 0 aromatic heterocycles. The number of carbonyl (C=O) groups is 2. The maximum Gasteiger partial charge on any atom is 0.300 e. The number of aliphatic hydroxyl groups is 1. The number of nitrogens with zero attached hydrogens (tertiary/aromatic N) is 1. The van der Waals surface area contributed by atoms with Crippen LogP contribution in [-0.4, -0.2) is 16.8 Å². The predicted molar refractivity (Wildman–Crippen MR) is 109 cm³/mol. The molecule has 0 saturated carbocycles. The van der Waals surface area contributed by atoms with E-state index < -0.39 is 46.6 Å². The number of carbonyl (C=O) groups excluding carboxylic acids is 2. The topological polar surface area (TPSA) is 57.6 Å². The number of benzene rings is 3. The van der Waals surface area contributed by atoms with E-state index >= 15 is 0 Å². The van der Waals surface area contributed by atoms with E-state index in [0.717, 1.165) is 40.8 Å². The van der Waals surface area contributed by atoms with Gasteiger partial charge in [-0.1, -0.05) is 29.8 Å². The van der Waals surface area contributed by atoms with Gasteiger partial charge in [0.15, 0.2) is 0 Å². The lowest BCUT2D eigenvalue weighted by Crippen LogP contribution is -2.30. The average Bonchev–Trinajstić information content (AvgIpc) is 3.00. The van der Waals surface area contributed by atoms with Crippen molar-refractivity contribution in [3.63, 3.8) is 0 Å². The van der Waals surface area contributed by atoms with E-state index in [-0.39, 0.29) is 11.1 Å². The molecule has 1 saturated heterocycles. The molecule has 1 atom stereocenters. The fourth-order valence-electron chi connectivity index (χ4n) is 3.67. The Morgan fingerprint density at radius 1 is 0.903 bits per heavy atom. The molecule has 1 fully saturated rings. The Bertz CT molecular complexity index is 1240. The Balaban J connectivity index is 1.99. The molecule has 1 aliphatic heterocycles. The van der Waals surface area contributed by atoms with Crippen molar-refractivity contribution in [3.8, 4) is 0 Å². The first-order valence-electron chi connectivity index (χ1n) is 9.36. The van der Waals surface area contributed by atoms with Gasteiger partial charge in [0.1, 0.15) is 23.2 Å². The SMILES string of the molecule is Cc1cccc(C2/C(=C(\O)c3ccc(F)cc3)C(=O)C(=O)N2c2cc(F)ccc2F)c1. The van der Waals surface area contributed by atoms with Crippen molar-refractivity contribution in [2.75, 3.05) is 4.90 Å². The van der Waals surface area contributed by atoms with E-state index in [2.05, 4.69) is 0 Å². The van der Waals surface area contributed by atoms with E-state index in [4.69, 9.17) is 0 Å². The van der Waals surface area contributed by atoms with Crippen LogP contribution >= 0.6 is 0 Å². The van der Waals surface area contributed by atoms with Gasteiger partial charge in [0, 0.05) is 11.6 Å². The lowest BCUT2D eigenvalue weighted by atomic mass is 9.94. The number of anilines is 1. The summed E-state index contributed by atoms with van der Waals surface area (Å²) in [5.41, 5.74) is 0.602. The molecule has 1 N–H and O–H groups in total. The number of hydrogen-bond acceptors (Lipinski definition) is 3. The molecule has 3 aromatic rings. The molecule has 0 aliphatic carbocycles. The summed E-state index contributed by atoms with van der Waals surface area (Å²) in [6, 6.07) is 12.9. The number of hydrogen-bond donors (Lipinski definition) is 1.